The van der Waals surface area contributed by atoms with Crippen LogP contribution >= 0.6 is 24.8 Å². The maximum Gasteiger partial charge on any atom is 0.171 e. The number of anilines is 2. The fourth-order valence-corrected chi connectivity index (χ4v) is 1.52. The molecule has 0 aliphatic heterocycles. The SMILES string of the molecule is CCn1cc(N)c(NCc2ccccc2)n1.Cl.Cl. The summed E-state index contributed by atoms with van der Waals surface area (Å²) in [6.07, 6.45) is 1.84. The van der Waals surface area contributed by atoms with E-state index in [4.69, 9.17) is 5.73 Å². The van der Waals surface area contributed by atoms with Crippen molar-refractivity contribution in [3.8, 4) is 0 Å². The van der Waals surface area contributed by atoms with Crippen LogP contribution in [0.1, 0.15) is 12.5 Å². The van der Waals surface area contributed by atoms with Crippen molar-refractivity contribution in [3.63, 3.8) is 0 Å². The summed E-state index contributed by atoms with van der Waals surface area (Å²) in [5.74, 6) is 0.755. The van der Waals surface area contributed by atoms with Gasteiger partial charge in [-0.05, 0) is 12.5 Å². The first-order valence-electron chi connectivity index (χ1n) is 5.40. The molecule has 0 unspecified atom stereocenters. The molecule has 0 aliphatic carbocycles. The first-order valence-corrected chi connectivity index (χ1v) is 5.40. The Labute approximate surface area is 119 Å². The molecule has 0 aliphatic rings. The van der Waals surface area contributed by atoms with Crippen molar-refractivity contribution in [3.05, 3.63) is 42.1 Å². The van der Waals surface area contributed by atoms with Crippen molar-refractivity contribution in [1.82, 2.24) is 9.78 Å². The lowest BCUT2D eigenvalue weighted by molar-refractivity contribution is 0.661. The molecule has 0 atom stereocenters. The van der Waals surface area contributed by atoms with E-state index in [9.17, 15) is 0 Å². The van der Waals surface area contributed by atoms with Crippen molar-refractivity contribution in [2.24, 2.45) is 0 Å². The van der Waals surface area contributed by atoms with Crippen molar-refractivity contribution in [2.45, 2.75) is 20.0 Å². The average molecular weight is 289 g/mol. The largest absolute Gasteiger partial charge is 0.394 e. The van der Waals surface area contributed by atoms with E-state index in [1.54, 1.807) is 0 Å². The molecule has 18 heavy (non-hydrogen) atoms. The molecule has 1 aromatic heterocycles. The second kappa shape index (κ2) is 7.84. The Morgan fingerprint density at radius 1 is 1.22 bits per heavy atom. The lowest BCUT2D eigenvalue weighted by Crippen LogP contribution is -2.02. The standard InChI is InChI=1S/C12H16N4.2ClH/c1-2-16-9-11(13)12(15-16)14-8-10-6-4-3-5-7-10;;/h3-7,9H,2,8,13H2,1H3,(H,14,15);2*1H. The van der Waals surface area contributed by atoms with Crippen molar-refractivity contribution in [2.75, 3.05) is 11.1 Å². The molecule has 0 saturated carbocycles. The van der Waals surface area contributed by atoms with Gasteiger partial charge in [0.1, 0.15) is 0 Å². The summed E-state index contributed by atoms with van der Waals surface area (Å²) in [6.45, 7) is 3.61. The van der Waals surface area contributed by atoms with E-state index in [-0.39, 0.29) is 24.8 Å². The monoisotopic (exact) mass is 288 g/mol. The van der Waals surface area contributed by atoms with E-state index in [0.29, 0.717) is 5.69 Å². The van der Waals surface area contributed by atoms with Gasteiger partial charge in [-0.25, -0.2) is 0 Å². The van der Waals surface area contributed by atoms with Gasteiger partial charge in [0, 0.05) is 13.1 Å². The van der Waals surface area contributed by atoms with Gasteiger partial charge >= 0.3 is 0 Å². The summed E-state index contributed by atoms with van der Waals surface area (Å²) < 4.78 is 1.82. The Morgan fingerprint density at radius 3 is 2.44 bits per heavy atom. The normalized spacial score (nSPS) is 9.17. The number of halogens is 2. The van der Waals surface area contributed by atoms with Gasteiger partial charge in [0.25, 0.3) is 0 Å². The van der Waals surface area contributed by atoms with E-state index in [1.165, 1.54) is 5.56 Å². The molecule has 3 N–H and O–H groups in total. The van der Waals surface area contributed by atoms with Gasteiger partial charge in [0.2, 0.25) is 0 Å². The van der Waals surface area contributed by atoms with Crippen LogP contribution in [0, 0.1) is 0 Å². The highest BCUT2D eigenvalue weighted by Crippen LogP contribution is 2.15. The topological polar surface area (TPSA) is 55.9 Å². The molecular weight excluding hydrogens is 271 g/mol. The maximum atomic E-state index is 5.84. The molecular formula is C12H18Cl2N4. The number of benzene rings is 1. The number of nitrogen functional groups attached to an aromatic ring is 1. The summed E-state index contributed by atoms with van der Waals surface area (Å²) in [4.78, 5) is 0. The molecule has 4 nitrogen and oxygen atoms in total. The molecule has 6 heteroatoms. The van der Waals surface area contributed by atoms with Gasteiger partial charge in [-0.15, -0.1) is 24.8 Å². The molecule has 0 fully saturated rings. The highest BCUT2D eigenvalue weighted by atomic mass is 35.5. The number of aryl methyl sites for hydroxylation is 1. The minimum atomic E-state index is 0. The first-order chi connectivity index (χ1) is 7.79. The third kappa shape index (κ3) is 4.13. The molecule has 0 saturated heterocycles. The smallest absolute Gasteiger partial charge is 0.171 e. The minimum absolute atomic E-state index is 0. The second-order valence-corrected chi connectivity index (χ2v) is 3.63. The summed E-state index contributed by atoms with van der Waals surface area (Å²) in [6, 6.07) is 10.2. The molecule has 2 aromatic rings. The number of nitrogens with one attached hydrogen (secondary N) is 1. The van der Waals surface area contributed by atoms with Crippen LogP contribution in [0.25, 0.3) is 0 Å². The Morgan fingerprint density at radius 2 is 1.89 bits per heavy atom. The fourth-order valence-electron chi connectivity index (χ4n) is 1.52. The summed E-state index contributed by atoms with van der Waals surface area (Å²) >= 11 is 0. The number of rotatable bonds is 4. The van der Waals surface area contributed by atoms with Crippen LogP contribution in [-0.2, 0) is 13.1 Å². The van der Waals surface area contributed by atoms with E-state index < -0.39 is 0 Å². The molecule has 0 amide bonds. The van der Waals surface area contributed by atoms with Crippen LogP contribution in [-0.4, -0.2) is 9.78 Å². The molecule has 1 heterocycles. The zero-order chi connectivity index (χ0) is 11.4. The number of nitrogens with two attached hydrogens (primary N) is 1. The number of nitrogens with zero attached hydrogens (tertiary/aromatic N) is 2. The zero-order valence-corrected chi connectivity index (χ0v) is 11.8. The Hall–Kier alpha value is -1.39. The number of aromatic nitrogens is 2. The average Bonchev–Trinajstić information content (AvgIpc) is 2.69. The molecule has 1 aromatic carbocycles. The Bertz CT molecular complexity index is 456. The van der Waals surface area contributed by atoms with E-state index in [2.05, 4.69) is 22.5 Å². The van der Waals surface area contributed by atoms with E-state index >= 15 is 0 Å². The molecule has 2 rings (SSSR count). The highest BCUT2D eigenvalue weighted by molar-refractivity contribution is 5.85. The molecule has 100 valence electrons. The number of hydrogen-bond acceptors (Lipinski definition) is 3. The molecule has 0 spiro atoms. The highest BCUT2D eigenvalue weighted by Gasteiger charge is 2.03. The van der Waals surface area contributed by atoms with Crippen LogP contribution < -0.4 is 11.1 Å². The maximum absolute atomic E-state index is 5.84. The first kappa shape index (κ1) is 16.6. The third-order valence-corrected chi connectivity index (χ3v) is 2.42. The van der Waals surface area contributed by atoms with Crippen LogP contribution in [0.2, 0.25) is 0 Å². The Balaban J connectivity index is 0.00000144. The minimum Gasteiger partial charge on any atom is -0.394 e. The third-order valence-electron chi connectivity index (χ3n) is 2.42. The lowest BCUT2D eigenvalue weighted by Gasteiger charge is -2.03. The van der Waals surface area contributed by atoms with Crippen LogP contribution in [0.4, 0.5) is 11.5 Å². The summed E-state index contributed by atoms with van der Waals surface area (Å²) in [5, 5.41) is 7.55. The van der Waals surface area contributed by atoms with Gasteiger partial charge in [0.05, 0.1) is 11.9 Å². The van der Waals surface area contributed by atoms with Crippen LogP contribution in [0.3, 0.4) is 0 Å². The Kier molecular flexibility index (Phi) is 7.24. The zero-order valence-electron chi connectivity index (χ0n) is 10.2. The lowest BCUT2D eigenvalue weighted by atomic mass is 10.2. The van der Waals surface area contributed by atoms with Crippen molar-refractivity contribution < 1.29 is 0 Å². The van der Waals surface area contributed by atoms with Gasteiger partial charge in [0.15, 0.2) is 5.82 Å². The molecule has 0 bridgehead atoms. The summed E-state index contributed by atoms with van der Waals surface area (Å²) in [7, 11) is 0. The molecule has 0 radical (unpaired) electrons. The summed E-state index contributed by atoms with van der Waals surface area (Å²) in [5.41, 5.74) is 7.74. The van der Waals surface area contributed by atoms with Gasteiger partial charge in [-0.3, -0.25) is 4.68 Å². The van der Waals surface area contributed by atoms with Gasteiger partial charge in [-0.1, -0.05) is 30.3 Å². The van der Waals surface area contributed by atoms with Crippen molar-refractivity contribution >= 4 is 36.3 Å². The van der Waals surface area contributed by atoms with E-state index in [0.717, 1.165) is 18.9 Å². The number of hydrogen-bond donors (Lipinski definition) is 2. The fraction of sp³-hybridized carbons (Fsp3) is 0.250. The predicted molar refractivity (Wildman–Crippen MR) is 80.6 cm³/mol. The second-order valence-electron chi connectivity index (χ2n) is 3.63. The van der Waals surface area contributed by atoms with Gasteiger partial charge in [-0.2, -0.15) is 5.10 Å². The van der Waals surface area contributed by atoms with Crippen LogP contribution in [0.15, 0.2) is 36.5 Å². The predicted octanol–water partition coefficient (Wildman–Crippen LogP) is 2.94. The van der Waals surface area contributed by atoms with E-state index in [1.807, 2.05) is 36.0 Å². The van der Waals surface area contributed by atoms with Crippen LogP contribution in [0.5, 0.6) is 0 Å². The van der Waals surface area contributed by atoms with Crippen molar-refractivity contribution in [1.29, 1.82) is 0 Å². The van der Waals surface area contributed by atoms with Gasteiger partial charge < -0.3 is 11.1 Å². The quantitative estimate of drug-likeness (QED) is 0.910.